The van der Waals surface area contributed by atoms with Crippen molar-refractivity contribution in [2.45, 2.75) is 154 Å². The van der Waals surface area contributed by atoms with Gasteiger partial charge < -0.3 is 36.8 Å². The first kappa shape index (κ1) is 41.0. The van der Waals surface area contributed by atoms with E-state index in [-0.39, 0.29) is 25.6 Å². The lowest BCUT2D eigenvalue weighted by Gasteiger charge is -2.30. The molecule has 0 aromatic carbocycles. The highest BCUT2D eigenvalue weighted by Crippen LogP contribution is 2.38. The van der Waals surface area contributed by atoms with Gasteiger partial charge in [-0.05, 0) is 33.1 Å². The van der Waals surface area contributed by atoms with Gasteiger partial charge in [-0.25, -0.2) is 14.2 Å². The normalized spacial score (nSPS) is 19.1. The molecular formula is C36H64ClN3O5. The summed E-state index contributed by atoms with van der Waals surface area (Å²) in [5.74, 6) is 0. The summed E-state index contributed by atoms with van der Waals surface area (Å²) >= 11 is 0. The van der Waals surface area contributed by atoms with Gasteiger partial charge >= 0.3 is 12.2 Å². The van der Waals surface area contributed by atoms with Gasteiger partial charge in [-0.15, -0.1) is 0 Å². The fourth-order valence-electron chi connectivity index (χ4n) is 5.92. The average Bonchev–Trinajstić information content (AvgIpc) is 3.32. The number of nitrogens with one attached hydrogen (secondary N) is 1. The van der Waals surface area contributed by atoms with E-state index < -0.39 is 23.4 Å². The Labute approximate surface area is 280 Å². The van der Waals surface area contributed by atoms with Crippen LogP contribution >= 0.6 is 0 Å². The molecule has 1 fully saturated rings. The second kappa shape index (κ2) is 23.3. The van der Waals surface area contributed by atoms with Crippen molar-refractivity contribution in [1.82, 2.24) is 10.2 Å². The summed E-state index contributed by atoms with van der Waals surface area (Å²) in [6.45, 7) is 7.58. The number of hydrogen-bond acceptors (Lipinski definition) is 5. The Bertz CT molecular complexity index is 951. The lowest BCUT2D eigenvalue weighted by atomic mass is 9.99. The van der Waals surface area contributed by atoms with E-state index in [1.807, 2.05) is 49.9 Å². The van der Waals surface area contributed by atoms with Crippen LogP contribution in [0.4, 0.5) is 9.59 Å². The number of ether oxygens (including phenoxy) is 3. The van der Waals surface area contributed by atoms with Crippen molar-refractivity contribution in [2.24, 2.45) is 7.05 Å². The van der Waals surface area contributed by atoms with Crippen LogP contribution in [-0.2, 0) is 27.8 Å². The highest BCUT2D eigenvalue weighted by atomic mass is 35.5. The third kappa shape index (κ3) is 18.0. The van der Waals surface area contributed by atoms with Crippen LogP contribution in [0.25, 0.3) is 0 Å². The molecule has 0 radical (unpaired) electrons. The van der Waals surface area contributed by atoms with Gasteiger partial charge in [0, 0.05) is 25.7 Å². The van der Waals surface area contributed by atoms with E-state index in [1.54, 1.807) is 11.9 Å². The quantitative estimate of drug-likeness (QED) is 0.126. The predicted molar refractivity (Wildman–Crippen MR) is 176 cm³/mol. The molecule has 45 heavy (non-hydrogen) atoms. The largest absolute Gasteiger partial charge is 1.00 e. The summed E-state index contributed by atoms with van der Waals surface area (Å²) in [7, 11) is 3.68. The third-order valence-corrected chi connectivity index (χ3v) is 8.86. The molecule has 2 amide bonds. The molecule has 0 spiro atoms. The second-order valence-corrected chi connectivity index (χ2v) is 13.5. The van der Waals surface area contributed by atoms with Gasteiger partial charge in [0.1, 0.15) is 38.0 Å². The molecule has 0 aliphatic carbocycles. The zero-order valence-electron chi connectivity index (χ0n) is 29.2. The molecule has 1 aliphatic heterocycles. The number of aryl methyl sites for hydroxylation is 1. The van der Waals surface area contributed by atoms with Crippen LogP contribution in [0.3, 0.4) is 0 Å². The summed E-state index contributed by atoms with van der Waals surface area (Å²) in [6, 6.07) is 5.88. The Hall–Kier alpha value is -2.06. The number of aromatic nitrogens is 1. The maximum Gasteiger partial charge on any atom is 0.410 e. The molecule has 8 nitrogen and oxygen atoms in total. The Morgan fingerprint density at radius 3 is 1.82 bits per heavy atom. The number of nitrogens with zero attached hydrogens (tertiary/aromatic N) is 2. The fourth-order valence-corrected chi connectivity index (χ4v) is 5.92. The van der Waals surface area contributed by atoms with E-state index in [1.165, 1.54) is 89.9 Å². The van der Waals surface area contributed by atoms with E-state index in [9.17, 15) is 9.59 Å². The Balaban J connectivity index is 0.0000101. The zero-order valence-corrected chi connectivity index (χ0v) is 29.9. The van der Waals surface area contributed by atoms with E-state index in [0.717, 1.165) is 31.4 Å². The Morgan fingerprint density at radius 2 is 1.31 bits per heavy atom. The van der Waals surface area contributed by atoms with Crippen LogP contribution in [-0.4, -0.2) is 55.1 Å². The van der Waals surface area contributed by atoms with Crippen molar-refractivity contribution < 1.29 is 40.8 Å². The first-order chi connectivity index (χ1) is 21.2. The van der Waals surface area contributed by atoms with Crippen molar-refractivity contribution in [1.29, 1.82) is 0 Å². The van der Waals surface area contributed by atoms with Crippen LogP contribution in [0, 0.1) is 0 Å². The molecule has 1 aromatic heterocycles. The van der Waals surface area contributed by atoms with Gasteiger partial charge in [-0.1, -0.05) is 109 Å². The number of alkyl carbamates (subject to hydrolysis) is 1. The third-order valence-electron chi connectivity index (χ3n) is 8.86. The lowest BCUT2D eigenvalue weighted by Crippen LogP contribution is -3.00. The minimum absolute atomic E-state index is 0. The van der Waals surface area contributed by atoms with Crippen LogP contribution in [0.15, 0.2) is 24.4 Å². The van der Waals surface area contributed by atoms with Gasteiger partial charge in [0.15, 0.2) is 6.20 Å². The summed E-state index contributed by atoms with van der Waals surface area (Å²) in [5, 5.41) is 2.88. The summed E-state index contributed by atoms with van der Waals surface area (Å²) in [5.41, 5.74) is -0.208. The van der Waals surface area contributed by atoms with Gasteiger partial charge in [-0.2, -0.15) is 0 Å². The van der Waals surface area contributed by atoms with Crippen LogP contribution in [0.2, 0.25) is 0 Å². The summed E-state index contributed by atoms with van der Waals surface area (Å²) < 4.78 is 19.4. The lowest BCUT2D eigenvalue weighted by molar-refractivity contribution is -0.680. The number of unbranched alkanes of at least 4 members (excludes halogenated alkanes) is 15. The Morgan fingerprint density at radius 1 is 0.822 bits per heavy atom. The molecule has 1 aliphatic rings. The topological polar surface area (TPSA) is 81.0 Å². The smallest absolute Gasteiger partial charge is 0.410 e. The summed E-state index contributed by atoms with van der Waals surface area (Å²) in [4.78, 5) is 26.4. The number of pyridine rings is 1. The van der Waals surface area contributed by atoms with Crippen LogP contribution in [0.1, 0.15) is 142 Å². The number of carbonyl (C=O) groups excluding carboxylic acids is 2. The predicted octanol–water partition coefficient (Wildman–Crippen LogP) is 5.40. The van der Waals surface area contributed by atoms with Crippen molar-refractivity contribution in [2.75, 3.05) is 26.8 Å². The SMILES string of the molecule is CCCCCCCCCCCCCCCCCCNC(=O)OC[C@@]1(C)CC[C@@](C)(COC(=O)N(C)Cc2cccc[n+]2C)O1.[Cl-]. The first-order valence-electron chi connectivity index (χ1n) is 17.6. The minimum atomic E-state index is -0.615. The molecule has 0 unspecified atom stereocenters. The van der Waals surface area contributed by atoms with Crippen molar-refractivity contribution in [3.63, 3.8) is 0 Å². The average molecular weight is 654 g/mol. The van der Waals surface area contributed by atoms with Gasteiger partial charge in [0.05, 0.1) is 0 Å². The molecule has 1 N–H and O–H groups in total. The highest BCUT2D eigenvalue weighted by Gasteiger charge is 2.45. The maximum absolute atomic E-state index is 12.6. The number of halogens is 1. The minimum Gasteiger partial charge on any atom is -1.00 e. The fraction of sp³-hybridized carbons (Fsp3) is 0.806. The van der Waals surface area contributed by atoms with E-state index >= 15 is 0 Å². The maximum atomic E-state index is 12.6. The zero-order chi connectivity index (χ0) is 32.1. The van der Waals surface area contributed by atoms with Crippen molar-refractivity contribution in [3.8, 4) is 0 Å². The monoisotopic (exact) mass is 653 g/mol. The molecule has 9 heteroatoms. The number of hydrogen-bond donors (Lipinski definition) is 1. The number of carbonyl (C=O) groups is 2. The van der Waals surface area contributed by atoms with Crippen molar-refractivity contribution in [3.05, 3.63) is 30.1 Å². The van der Waals surface area contributed by atoms with Crippen LogP contribution < -0.4 is 22.3 Å². The van der Waals surface area contributed by atoms with Crippen molar-refractivity contribution >= 4 is 12.2 Å². The molecule has 2 atom stereocenters. The molecule has 260 valence electrons. The number of rotatable bonds is 23. The molecule has 1 saturated heterocycles. The molecule has 0 bridgehead atoms. The molecule has 0 saturated carbocycles. The number of amides is 2. The van der Waals surface area contributed by atoms with Gasteiger partial charge in [0.25, 0.3) is 0 Å². The van der Waals surface area contributed by atoms with E-state index in [2.05, 4.69) is 12.2 Å². The highest BCUT2D eigenvalue weighted by molar-refractivity contribution is 5.67. The van der Waals surface area contributed by atoms with E-state index in [4.69, 9.17) is 14.2 Å². The standard InChI is InChI=1S/C36H63N3O5.ClH/c1-6-7-8-9-10-11-12-13-14-15-16-17-18-19-20-22-27-37-33(40)42-30-35(2)25-26-36(3,44-35)31-43-34(41)39(5)29-32-24-21-23-28-38(32)4;/h21,23-24,28H,6-20,22,25-27,29-31H2,1-5H3;1H/t35-,36+;/m1./s1. The molecule has 2 rings (SSSR count). The first-order valence-corrected chi connectivity index (χ1v) is 17.6. The Kier molecular flexibility index (Phi) is 21.2. The molecule has 1 aromatic rings. The summed E-state index contributed by atoms with van der Waals surface area (Å²) in [6.07, 6.45) is 23.9. The van der Waals surface area contributed by atoms with E-state index in [0.29, 0.717) is 13.1 Å². The molecule has 2 heterocycles. The van der Waals surface area contributed by atoms with Crippen LogP contribution in [0.5, 0.6) is 0 Å². The molecular weight excluding hydrogens is 590 g/mol. The second-order valence-electron chi connectivity index (χ2n) is 13.5. The van der Waals surface area contributed by atoms with Gasteiger partial charge in [0.2, 0.25) is 5.69 Å². The van der Waals surface area contributed by atoms with Gasteiger partial charge in [-0.3, -0.25) is 0 Å².